The van der Waals surface area contributed by atoms with Gasteiger partial charge in [-0.05, 0) is 62.3 Å². The van der Waals surface area contributed by atoms with E-state index in [4.69, 9.17) is 0 Å². The Hall–Kier alpha value is -1.08. The van der Waals surface area contributed by atoms with E-state index in [1.807, 2.05) is 0 Å². The Labute approximate surface area is 146 Å². The van der Waals surface area contributed by atoms with E-state index in [1.54, 1.807) is 0 Å². The van der Waals surface area contributed by atoms with Gasteiger partial charge in [0.15, 0.2) is 0 Å². The van der Waals surface area contributed by atoms with E-state index in [1.165, 1.54) is 16.7 Å². The van der Waals surface area contributed by atoms with Gasteiger partial charge in [0, 0.05) is 5.54 Å². The maximum Gasteiger partial charge on any atom is 0.00966 e. The zero-order chi connectivity index (χ0) is 16.1. The molecule has 1 aliphatic carbocycles. The molecule has 0 spiro atoms. The second-order valence-electron chi connectivity index (χ2n) is 8.52. The second kappa shape index (κ2) is 9.93. The van der Waals surface area contributed by atoms with Crippen molar-refractivity contribution in [1.29, 1.82) is 0 Å². The van der Waals surface area contributed by atoms with Crippen molar-refractivity contribution in [3.05, 3.63) is 41.5 Å². The highest BCUT2D eigenvalue weighted by atomic mass is 14.9. The summed E-state index contributed by atoms with van der Waals surface area (Å²) in [4.78, 5) is 0. The van der Waals surface area contributed by atoms with Gasteiger partial charge in [-0.3, -0.25) is 0 Å². The van der Waals surface area contributed by atoms with Gasteiger partial charge in [0.2, 0.25) is 0 Å². The molecule has 0 aromatic heterocycles. The first-order chi connectivity index (χ1) is 9.56. The summed E-state index contributed by atoms with van der Waals surface area (Å²) >= 11 is 0. The van der Waals surface area contributed by atoms with Crippen molar-refractivity contribution in [1.82, 2.24) is 5.32 Å². The largest absolute Gasteiger partial charge is 0.312 e. The van der Waals surface area contributed by atoms with Gasteiger partial charge < -0.3 is 5.32 Å². The lowest BCUT2D eigenvalue weighted by atomic mass is 10.0. The standard InChI is InChI=1S/C15H21N.C5H12.2CH4/c1-15(2,3)16-11-10-13-9-8-12-6-4-5-7-14(12)13;1-5(2,3)4;;/h4-7,9,16H,8,10-11H2,1-3H3;1-4H3;2*1H4. The summed E-state index contributed by atoms with van der Waals surface area (Å²) in [5, 5.41) is 3.54. The normalized spacial score (nSPS) is 12.9. The molecule has 1 heteroatoms. The number of hydrogen-bond acceptors (Lipinski definition) is 1. The first-order valence-electron chi connectivity index (χ1n) is 8.08. The number of rotatable bonds is 3. The van der Waals surface area contributed by atoms with Crippen molar-refractivity contribution < 1.29 is 0 Å². The highest BCUT2D eigenvalue weighted by Crippen LogP contribution is 2.29. The van der Waals surface area contributed by atoms with Crippen LogP contribution in [-0.4, -0.2) is 12.1 Å². The zero-order valence-corrected chi connectivity index (χ0v) is 15.0. The van der Waals surface area contributed by atoms with Crippen LogP contribution in [0.3, 0.4) is 0 Å². The van der Waals surface area contributed by atoms with Crippen molar-refractivity contribution in [2.45, 2.75) is 81.7 Å². The van der Waals surface area contributed by atoms with E-state index in [-0.39, 0.29) is 20.4 Å². The van der Waals surface area contributed by atoms with E-state index in [2.05, 4.69) is 84.1 Å². The van der Waals surface area contributed by atoms with Crippen molar-refractivity contribution in [3.63, 3.8) is 0 Å². The van der Waals surface area contributed by atoms with Crippen LogP contribution < -0.4 is 5.32 Å². The monoisotopic (exact) mass is 319 g/mol. The van der Waals surface area contributed by atoms with Crippen LogP contribution in [0.2, 0.25) is 0 Å². The van der Waals surface area contributed by atoms with E-state index in [0.29, 0.717) is 5.41 Å². The quantitative estimate of drug-likeness (QED) is 0.651. The summed E-state index contributed by atoms with van der Waals surface area (Å²) in [6.07, 6.45) is 4.62. The predicted molar refractivity (Wildman–Crippen MR) is 109 cm³/mol. The van der Waals surface area contributed by atoms with Crippen LogP contribution in [0, 0.1) is 5.41 Å². The molecule has 0 fully saturated rings. The molecule has 0 amide bonds. The number of nitrogens with one attached hydrogen (secondary N) is 1. The Balaban J connectivity index is 0. The average molecular weight is 320 g/mol. The Morgan fingerprint density at radius 2 is 1.43 bits per heavy atom. The number of benzene rings is 1. The van der Waals surface area contributed by atoms with Gasteiger partial charge in [0.1, 0.15) is 0 Å². The third kappa shape index (κ3) is 11.1. The van der Waals surface area contributed by atoms with Crippen molar-refractivity contribution in [3.8, 4) is 0 Å². The highest BCUT2D eigenvalue weighted by Gasteiger charge is 2.14. The minimum Gasteiger partial charge on any atom is -0.312 e. The van der Waals surface area contributed by atoms with Crippen LogP contribution in [-0.2, 0) is 6.42 Å². The van der Waals surface area contributed by atoms with Crippen LogP contribution in [0.15, 0.2) is 30.3 Å². The Morgan fingerprint density at radius 3 is 1.96 bits per heavy atom. The maximum absolute atomic E-state index is 3.54. The molecule has 0 bridgehead atoms. The molecule has 0 unspecified atom stereocenters. The SMILES string of the molecule is C.C.CC(C)(C)C.CC(C)(C)NCCC1=CCc2ccccc21. The van der Waals surface area contributed by atoms with Crippen LogP contribution >= 0.6 is 0 Å². The summed E-state index contributed by atoms with van der Waals surface area (Å²) in [5.41, 5.74) is 5.16. The Kier molecular flexibility index (Phi) is 10.4. The molecule has 0 saturated heterocycles. The van der Waals surface area contributed by atoms with Crippen LogP contribution in [0.4, 0.5) is 0 Å². The molecule has 0 saturated carbocycles. The van der Waals surface area contributed by atoms with Gasteiger partial charge in [-0.2, -0.15) is 0 Å². The lowest BCUT2D eigenvalue weighted by Crippen LogP contribution is -2.36. The first kappa shape index (κ1) is 24.2. The molecule has 0 aliphatic heterocycles. The number of hydrogen-bond donors (Lipinski definition) is 1. The third-order valence-corrected chi connectivity index (χ3v) is 2.98. The predicted octanol–water partition coefficient (Wildman–Crippen LogP) is 6.73. The fraction of sp³-hybridized carbons (Fsp3) is 0.636. The topological polar surface area (TPSA) is 12.0 Å². The molecule has 0 heterocycles. The van der Waals surface area contributed by atoms with E-state index >= 15 is 0 Å². The molecule has 1 nitrogen and oxygen atoms in total. The van der Waals surface area contributed by atoms with Crippen LogP contribution in [0.5, 0.6) is 0 Å². The summed E-state index contributed by atoms with van der Waals surface area (Å²) < 4.78 is 0. The molecular weight excluding hydrogens is 278 g/mol. The lowest BCUT2D eigenvalue weighted by molar-refractivity contribution is 0.432. The van der Waals surface area contributed by atoms with Gasteiger partial charge in [-0.15, -0.1) is 0 Å². The molecular formula is C22H41N. The van der Waals surface area contributed by atoms with Crippen LogP contribution in [0.1, 0.15) is 80.9 Å². The summed E-state index contributed by atoms with van der Waals surface area (Å²) in [6, 6.07) is 8.74. The van der Waals surface area contributed by atoms with Crippen molar-refractivity contribution >= 4 is 5.57 Å². The van der Waals surface area contributed by atoms with Crippen LogP contribution in [0.25, 0.3) is 5.57 Å². The Morgan fingerprint density at radius 1 is 0.913 bits per heavy atom. The van der Waals surface area contributed by atoms with Gasteiger partial charge >= 0.3 is 0 Å². The lowest BCUT2D eigenvalue weighted by Gasteiger charge is -2.20. The van der Waals surface area contributed by atoms with Crippen molar-refractivity contribution in [2.75, 3.05) is 6.54 Å². The summed E-state index contributed by atoms with van der Waals surface area (Å²) in [5.74, 6) is 0. The molecule has 1 aromatic carbocycles. The zero-order valence-electron chi connectivity index (χ0n) is 15.0. The molecule has 1 aliphatic rings. The molecule has 1 aromatic rings. The molecule has 134 valence electrons. The van der Waals surface area contributed by atoms with Gasteiger partial charge in [0.25, 0.3) is 0 Å². The smallest absolute Gasteiger partial charge is 0.00966 e. The maximum atomic E-state index is 3.54. The number of allylic oxidation sites excluding steroid dienone is 1. The molecule has 23 heavy (non-hydrogen) atoms. The first-order valence-corrected chi connectivity index (χ1v) is 8.08. The highest BCUT2D eigenvalue weighted by molar-refractivity contribution is 5.72. The van der Waals surface area contributed by atoms with Gasteiger partial charge in [0.05, 0.1) is 0 Å². The average Bonchev–Trinajstić information content (AvgIpc) is 2.69. The summed E-state index contributed by atoms with van der Waals surface area (Å²) in [7, 11) is 0. The fourth-order valence-electron chi connectivity index (χ4n) is 2.16. The third-order valence-electron chi connectivity index (χ3n) is 2.98. The van der Waals surface area contributed by atoms with E-state index < -0.39 is 0 Å². The van der Waals surface area contributed by atoms with Crippen molar-refractivity contribution in [2.24, 2.45) is 5.41 Å². The van der Waals surface area contributed by atoms with Gasteiger partial charge in [-0.1, -0.05) is 72.9 Å². The summed E-state index contributed by atoms with van der Waals surface area (Å²) in [6.45, 7) is 16.4. The van der Waals surface area contributed by atoms with E-state index in [9.17, 15) is 0 Å². The molecule has 0 atom stereocenters. The molecule has 1 N–H and O–H groups in total. The minimum absolute atomic E-state index is 0. The van der Waals surface area contributed by atoms with Gasteiger partial charge in [-0.25, -0.2) is 0 Å². The minimum atomic E-state index is 0. The molecule has 0 radical (unpaired) electrons. The second-order valence-corrected chi connectivity index (χ2v) is 8.52. The number of fused-ring (bicyclic) bond motifs is 1. The van der Waals surface area contributed by atoms with E-state index in [0.717, 1.165) is 19.4 Å². The fourth-order valence-corrected chi connectivity index (χ4v) is 2.16. The molecule has 2 rings (SSSR count). The Bertz CT molecular complexity index is 463.